The average molecular weight is 276 g/mol. The van der Waals surface area contributed by atoms with Gasteiger partial charge in [0.05, 0.1) is 0 Å². The largest absolute Gasteiger partial charge is 0.396 e. The molecule has 0 radical (unpaired) electrons. The Kier molecular flexibility index (Phi) is 4.85. The summed E-state index contributed by atoms with van der Waals surface area (Å²) in [5.74, 6) is -1.29. The lowest BCUT2D eigenvalue weighted by atomic mass is 9.92. The van der Waals surface area contributed by atoms with Crippen molar-refractivity contribution in [3.05, 3.63) is 70.8 Å². The lowest BCUT2D eigenvalue weighted by Crippen LogP contribution is -2.15. The van der Waals surface area contributed by atoms with Crippen LogP contribution in [0.15, 0.2) is 42.5 Å². The van der Waals surface area contributed by atoms with Gasteiger partial charge in [-0.15, -0.1) is 0 Å². The Morgan fingerprint density at radius 1 is 1.00 bits per heavy atom. The summed E-state index contributed by atoms with van der Waals surface area (Å²) >= 11 is 0. The van der Waals surface area contributed by atoms with Crippen molar-refractivity contribution in [3.8, 4) is 0 Å². The standard InChI is InChI=1S/C17H18F2O/c1-12-4-2-5-13(8-12)9-14(11-20)10-15-16(18)6-3-7-17(15)19/h2-8,14,20H,9-11H2,1H3. The van der Waals surface area contributed by atoms with Gasteiger partial charge in [0.25, 0.3) is 0 Å². The summed E-state index contributed by atoms with van der Waals surface area (Å²) in [6.07, 6.45) is 0.800. The first kappa shape index (κ1) is 14.7. The van der Waals surface area contributed by atoms with Crippen molar-refractivity contribution < 1.29 is 13.9 Å². The Morgan fingerprint density at radius 2 is 1.65 bits per heavy atom. The molecule has 20 heavy (non-hydrogen) atoms. The number of aliphatic hydroxyl groups is 1. The predicted octanol–water partition coefficient (Wildman–Crippen LogP) is 3.67. The minimum absolute atomic E-state index is 0.0548. The fraction of sp³-hybridized carbons (Fsp3) is 0.294. The second-order valence-electron chi connectivity index (χ2n) is 5.15. The van der Waals surface area contributed by atoms with Crippen molar-refractivity contribution in [2.24, 2.45) is 5.92 Å². The predicted molar refractivity (Wildman–Crippen MR) is 75.5 cm³/mol. The van der Waals surface area contributed by atoms with Gasteiger partial charge in [-0.1, -0.05) is 35.9 Å². The molecule has 0 spiro atoms. The molecular formula is C17H18F2O. The van der Waals surface area contributed by atoms with Gasteiger partial charge in [0.2, 0.25) is 0 Å². The molecule has 0 saturated carbocycles. The first-order chi connectivity index (χ1) is 9.60. The van der Waals surface area contributed by atoms with Crippen molar-refractivity contribution in [3.63, 3.8) is 0 Å². The highest BCUT2D eigenvalue weighted by molar-refractivity contribution is 5.24. The smallest absolute Gasteiger partial charge is 0.129 e. The Labute approximate surface area is 117 Å². The van der Waals surface area contributed by atoms with Crippen LogP contribution >= 0.6 is 0 Å². The Bertz CT molecular complexity index is 561. The van der Waals surface area contributed by atoms with E-state index in [1.807, 2.05) is 31.2 Å². The zero-order valence-electron chi connectivity index (χ0n) is 11.4. The fourth-order valence-corrected chi connectivity index (χ4v) is 2.39. The van der Waals surface area contributed by atoms with Crippen LogP contribution in [0.25, 0.3) is 0 Å². The maximum atomic E-state index is 13.6. The summed E-state index contributed by atoms with van der Waals surface area (Å²) in [6, 6.07) is 11.8. The maximum absolute atomic E-state index is 13.6. The molecule has 1 unspecified atom stereocenters. The lowest BCUT2D eigenvalue weighted by Gasteiger charge is -2.15. The molecule has 2 aromatic rings. The molecular weight excluding hydrogens is 258 g/mol. The minimum Gasteiger partial charge on any atom is -0.396 e. The van der Waals surface area contributed by atoms with Crippen LogP contribution in [0, 0.1) is 24.5 Å². The van der Waals surface area contributed by atoms with Crippen molar-refractivity contribution in [1.82, 2.24) is 0 Å². The highest BCUT2D eigenvalue weighted by Crippen LogP contribution is 2.20. The number of aryl methyl sites for hydroxylation is 1. The van der Waals surface area contributed by atoms with Gasteiger partial charge in [-0.2, -0.15) is 0 Å². The van der Waals surface area contributed by atoms with Gasteiger partial charge in [0.1, 0.15) is 11.6 Å². The number of aliphatic hydroxyl groups excluding tert-OH is 1. The number of hydrogen-bond donors (Lipinski definition) is 1. The van der Waals surface area contributed by atoms with Crippen LogP contribution in [-0.2, 0) is 12.8 Å². The zero-order chi connectivity index (χ0) is 14.5. The Hall–Kier alpha value is -1.74. The van der Waals surface area contributed by atoms with Crippen LogP contribution < -0.4 is 0 Å². The highest BCUT2D eigenvalue weighted by atomic mass is 19.1. The van der Waals surface area contributed by atoms with E-state index in [0.29, 0.717) is 6.42 Å². The van der Waals surface area contributed by atoms with Crippen LogP contribution in [0.4, 0.5) is 8.78 Å². The van der Waals surface area contributed by atoms with E-state index >= 15 is 0 Å². The van der Waals surface area contributed by atoms with Gasteiger partial charge in [-0.3, -0.25) is 0 Å². The third-order valence-corrected chi connectivity index (χ3v) is 3.42. The molecule has 0 aliphatic heterocycles. The molecule has 0 aliphatic carbocycles. The third-order valence-electron chi connectivity index (χ3n) is 3.42. The zero-order valence-corrected chi connectivity index (χ0v) is 11.4. The summed E-state index contributed by atoms with van der Waals surface area (Å²) in [5, 5.41) is 9.45. The Balaban J connectivity index is 2.13. The molecule has 1 N–H and O–H groups in total. The van der Waals surface area contributed by atoms with Crippen LogP contribution in [0.2, 0.25) is 0 Å². The molecule has 1 nitrogen and oxygen atoms in total. The van der Waals surface area contributed by atoms with E-state index in [2.05, 4.69) is 0 Å². The Morgan fingerprint density at radius 3 is 2.25 bits per heavy atom. The van der Waals surface area contributed by atoms with Crippen molar-refractivity contribution in [1.29, 1.82) is 0 Å². The molecule has 3 heteroatoms. The molecule has 1 atom stereocenters. The van der Waals surface area contributed by atoms with E-state index < -0.39 is 11.6 Å². The van der Waals surface area contributed by atoms with E-state index in [-0.39, 0.29) is 24.5 Å². The van der Waals surface area contributed by atoms with Crippen LogP contribution in [0.5, 0.6) is 0 Å². The molecule has 0 bridgehead atoms. The number of halogens is 2. The number of hydrogen-bond acceptors (Lipinski definition) is 1. The minimum atomic E-state index is -0.548. The summed E-state index contributed by atoms with van der Waals surface area (Å²) in [4.78, 5) is 0. The average Bonchev–Trinajstić information content (AvgIpc) is 2.42. The molecule has 2 rings (SSSR count). The van der Waals surface area contributed by atoms with Gasteiger partial charge in [0.15, 0.2) is 0 Å². The van der Waals surface area contributed by atoms with Crippen LogP contribution in [-0.4, -0.2) is 11.7 Å². The summed E-state index contributed by atoms with van der Waals surface area (Å²) in [6.45, 7) is 1.90. The second kappa shape index (κ2) is 6.62. The summed E-state index contributed by atoms with van der Waals surface area (Å²) in [5.41, 5.74) is 2.26. The van der Waals surface area contributed by atoms with Crippen LogP contribution in [0.3, 0.4) is 0 Å². The van der Waals surface area contributed by atoms with Gasteiger partial charge >= 0.3 is 0 Å². The molecule has 0 aromatic heterocycles. The second-order valence-corrected chi connectivity index (χ2v) is 5.15. The third kappa shape index (κ3) is 3.64. The monoisotopic (exact) mass is 276 g/mol. The molecule has 0 heterocycles. The van der Waals surface area contributed by atoms with E-state index in [0.717, 1.165) is 11.1 Å². The maximum Gasteiger partial charge on any atom is 0.129 e. The van der Waals surface area contributed by atoms with E-state index in [4.69, 9.17) is 0 Å². The lowest BCUT2D eigenvalue weighted by molar-refractivity contribution is 0.223. The van der Waals surface area contributed by atoms with Crippen molar-refractivity contribution >= 4 is 0 Å². The molecule has 0 saturated heterocycles. The van der Waals surface area contributed by atoms with E-state index in [1.54, 1.807) is 0 Å². The molecule has 0 fully saturated rings. The van der Waals surface area contributed by atoms with Crippen molar-refractivity contribution in [2.45, 2.75) is 19.8 Å². The van der Waals surface area contributed by atoms with Gasteiger partial charge in [-0.05, 0) is 43.4 Å². The number of benzene rings is 2. The van der Waals surface area contributed by atoms with E-state index in [9.17, 15) is 13.9 Å². The van der Waals surface area contributed by atoms with Crippen LogP contribution in [0.1, 0.15) is 16.7 Å². The molecule has 106 valence electrons. The molecule has 0 aliphatic rings. The molecule has 0 amide bonds. The van der Waals surface area contributed by atoms with Crippen molar-refractivity contribution in [2.75, 3.05) is 6.61 Å². The number of rotatable bonds is 5. The quantitative estimate of drug-likeness (QED) is 0.883. The van der Waals surface area contributed by atoms with E-state index in [1.165, 1.54) is 18.2 Å². The highest BCUT2D eigenvalue weighted by Gasteiger charge is 2.16. The topological polar surface area (TPSA) is 20.2 Å². The molecule has 2 aromatic carbocycles. The van der Waals surface area contributed by atoms with Gasteiger partial charge in [0, 0.05) is 12.2 Å². The summed E-state index contributed by atoms with van der Waals surface area (Å²) < 4.78 is 27.3. The van der Waals surface area contributed by atoms with Gasteiger partial charge < -0.3 is 5.11 Å². The summed E-state index contributed by atoms with van der Waals surface area (Å²) in [7, 11) is 0. The normalized spacial score (nSPS) is 12.4. The van der Waals surface area contributed by atoms with Gasteiger partial charge in [-0.25, -0.2) is 8.78 Å². The first-order valence-corrected chi connectivity index (χ1v) is 6.69. The first-order valence-electron chi connectivity index (χ1n) is 6.69. The SMILES string of the molecule is Cc1cccc(CC(CO)Cc2c(F)cccc2F)c1. The fourth-order valence-electron chi connectivity index (χ4n) is 2.39.